The van der Waals surface area contributed by atoms with E-state index in [-0.39, 0.29) is 15.9 Å². The van der Waals surface area contributed by atoms with Crippen molar-refractivity contribution in [3.05, 3.63) is 0 Å². The van der Waals surface area contributed by atoms with E-state index in [1.54, 1.807) is 6.92 Å². The van der Waals surface area contributed by atoms with Crippen molar-refractivity contribution in [1.82, 2.24) is 14.5 Å². The number of carboxylic acids is 1. The zero-order valence-corrected chi connectivity index (χ0v) is 12.7. The molecule has 0 bridgehead atoms. The van der Waals surface area contributed by atoms with Crippen molar-refractivity contribution >= 4 is 38.4 Å². The Labute approximate surface area is 119 Å². The number of sulfonamides is 1. The number of rotatable bonds is 6. The molecular weight excluding hydrogens is 308 g/mol. The van der Waals surface area contributed by atoms with E-state index in [4.69, 9.17) is 5.11 Å². The maximum Gasteiger partial charge on any atom is 0.321 e. The number of aromatic nitrogens is 2. The van der Waals surface area contributed by atoms with Gasteiger partial charge in [0.2, 0.25) is 15.4 Å². The maximum absolute atomic E-state index is 12.2. The molecule has 1 atom stereocenters. The van der Waals surface area contributed by atoms with Crippen LogP contribution in [0.15, 0.2) is 4.34 Å². The Morgan fingerprint density at radius 2 is 2.05 bits per heavy atom. The summed E-state index contributed by atoms with van der Waals surface area (Å²) in [6.07, 6.45) is 0.114. The third-order valence-corrected chi connectivity index (χ3v) is 5.45. The van der Waals surface area contributed by atoms with Gasteiger partial charge in [-0.2, -0.15) is 4.31 Å². The Kier molecular flexibility index (Phi) is 5.14. The van der Waals surface area contributed by atoms with Crippen LogP contribution in [0.25, 0.3) is 0 Å². The van der Waals surface area contributed by atoms with Gasteiger partial charge in [0.05, 0.1) is 0 Å². The third-order valence-electron chi connectivity index (χ3n) is 2.40. The molecular formula is C9H14N4O5S2. The number of carboxylic acid groups (broad SMARTS) is 1. The van der Waals surface area contributed by atoms with Gasteiger partial charge in [-0.3, -0.25) is 9.59 Å². The lowest BCUT2D eigenvalue weighted by atomic mass is 10.2. The van der Waals surface area contributed by atoms with Crippen LogP contribution in [0.4, 0.5) is 5.13 Å². The van der Waals surface area contributed by atoms with Gasteiger partial charge < -0.3 is 10.4 Å². The van der Waals surface area contributed by atoms with Crippen LogP contribution in [0, 0.1) is 0 Å². The molecule has 1 unspecified atom stereocenters. The lowest BCUT2D eigenvalue weighted by Gasteiger charge is -2.21. The van der Waals surface area contributed by atoms with Crippen molar-refractivity contribution in [3.63, 3.8) is 0 Å². The molecule has 0 saturated heterocycles. The molecule has 0 radical (unpaired) electrons. The normalized spacial score (nSPS) is 13.2. The monoisotopic (exact) mass is 322 g/mol. The molecule has 20 heavy (non-hydrogen) atoms. The molecule has 1 heterocycles. The number of nitrogens with zero attached hydrogens (tertiary/aromatic N) is 3. The molecule has 2 N–H and O–H groups in total. The molecule has 1 amide bonds. The SMILES string of the molecule is CCC(C(=O)O)N(C)S(=O)(=O)c1nnc(NC(C)=O)s1. The fourth-order valence-electron chi connectivity index (χ4n) is 1.39. The molecule has 0 aromatic carbocycles. The van der Waals surface area contributed by atoms with Crippen LogP contribution in [0.1, 0.15) is 20.3 Å². The lowest BCUT2D eigenvalue weighted by molar-refractivity contribution is -0.141. The summed E-state index contributed by atoms with van der Waals surface area (Å²) in [6, 6.07) is -1.19. The van der Waals surface area contributed by atoms with E-state index in [0.717, 1.165) is 11.4 Å². The first-order valence-corrected chi connectivity index (χ1v) is 7.77. The van der Waals surface area contributed by atoms with Gasteiger partial charge >= 0.3 is 5.97 Å². The van der Waals surface area contributed by atoms with E-state index in [1.165, 1.54) is 6.92 Å². The Balaban J connectivity index is 3.06. The maximum atomic E-state index is 12.2. The highest BCUT2D eigenvalue weighted by molar-refractivity contribution is 7.91. The van der Waals surface area contributed by atoms with E-state index in [9.17, 15) is 18.0 Å². The highest BCUT2D eigenvalue weighted by Crippen LogP contribution is 2.24. The molecule has 0 fully saturated rings. The van der Waals surface area contributed by atoms with Crippen LogP contribution in [0.5, 0.6) is 0 Å². The summed E-state index contributed by atoms with van der Waals surface area (Å²) in [6.45, 7) is 2.81. The number of carbonyl (C=O) groups excluding carboxylic acids is 1. The van der Waals surface area contributed by atoms with Crippen LogP contribution in [-0.2, 0) is 19.6 Å². The minimum Gasteiger partial charge on any atom is -0.480 e. The number of anilines is 1. The fraction of sp³-hybridized carbons (Fsp3) is 0.556. The highest BCUT2D eigenvalue weighted by atomic mass is 32.2. The summed E-state index contributed by atoms with van der Waals surface area (Å²) in [4.78, 5) is 21.8. The topological polar surface area (TPSA) is 130 Å². The summed E-state index contributed by atoms with van der Waals surface area (Å²) in [5, 5.41) is 18.3. The summed E-state index contributed by atoms with van der Waals surface area (Å²) >= 11 is 0.659. The van der Waals surface area contributed by atoms with Gasteiger partial charge in [-0.25, -0.2) is 8.42 Å². The molecule has 0 aliphatic heterocycles. The predicted octanol–water partition coefficient (Wildman–Crippen LogP) is -0.0198. The molecule has 1 rings (SSSR count). The Morgan fingerprint density at radius 3 is 2.50 bits per heavy atom. The van der Waals surface area contributed by atoms with Crippen LogP contribution in [-0.4, -0.2) is 53.0 Å². The molecule has 1 aromatic heterocycles. The molecule has 112 valence electrons. The number of hydrogen-bond donors (Lipinski definition) is 2. The fourth-order valence-corrected chi connectivity index (χ4v) is 3.89. The van der Waals surface area contributed by atoms with E-state index in [2.05, 4.69) is 15.5 Å². The van der Waals surface area contributed by atoms with Gasteiger partial charge in [-0.15, -0.1) is 10.2 Å². The predicted molar refractivity (Wildman–Crippen MR) is 70.9 cm³/mol. The average Bonchev–Trinajstić information content (AvgIpc) is 2.77. The molecule has 11 heteroatoms. The smallest absolute Gasteiger partial charge is 0.321 e. The first kappa shape index (κ1) is 16.5. The second-order valence-electron chi connectivity index (χ2n) is 3.84. The first-order valence-electron chi connectivity index (χ1n) is 5.52. The van der Waals surface area contributed by atoms with E-state index in [1.807, 2.05) is 0 Å². The number of hydrogen-bond acceptors (Lipinski definition) is 7. The molecule has 9 nitrogen and oxygen atoms in total. The number of likely N-dealkylation sites (N-methyl/N-ethyl adjacent to an activating group) is 1. The number of amides is 1. The molecule has 0 aliphatic carbocycles. The zero-order valence-electron chi connectivity index (χ0n) is 11.0. The summed E-state index contributed by atoms with van der Waals surface area (Å²) in [7, 11) is -2.90. The van der Waals surface area contributed by atoms with Gasteiger partial charge in [0.25, 0.3) is 10.0 Å². The number of nitrogens with one attached hydrogen (secondary N) is 1. The second-order valence-corrected chi connectivity index (χ2v) is 6.99. The van der Waals surface area contributed by atoms with Crippen molar-refractivity contribution in [1.29, 1.82) is 0 Å². The van der Waals surface area contributed by atoms with Gasteiger partial charge in [-0.1, -0.05) is 18.3 Å². The van der Waals surface area contributed by atoms with Gasteiger partial charge in [0, 0.05) is 14.0 Å². The Bertz CT molecular complexity index is 612. The third kappa shape index (κ3) is 3.49. The molecule has 1 aromatic rings. The van der Waals surface area contributed by atoms with E-state index >= 15 is 0 Å². The van der Waals surface area contributed by atoms with E-state index in [0.29, 0.717) is 11.3 Å². The van der Waals surface area contributed by atoms with Crippen molar-refractivity contribution in [3.8, 4) is 0 Å². The zero-order chi connectivity index (χ0) is 15.5. The number of carbonyl (C=O) groups is 2. The quantitative estimate of drug-likeness (QED) is 0.704. The lowest BCUT2D eigenvalue weighted by Crippen LogP contribution is -2.41. The van der Waals surface area contributed by atoms with Crippen LogP contribution in [0.2, 0.25) is 0 Å². The Hall–Kier alpha value is -1.59. The van der Waals surface area contributed by atoms with Crippen molar-refractivity contribution in [2.24, 2.45) is 0 Å². The second kappa shape index (κ2) is 6.24. The first-order chi connectivity index (χ1) is 9.20. The molecule has 0 spiro atoms. The van der Waals surface area contributed by atoms with E-state index < -0.39 is 27.9 Å². The van der Waals surface area contributed by atoms with Crippen molar-refractivity contribution in [2.75, 3.05) is 12.4 Å². The van der Waals surface area contributed by atoms with Gasteiger partial charge in [0.1, 0.15) is 6.04 Å². The average molecular weight is 322 g/mol. The van der Waals surface area contributed by atoms with Crippen LogP contribution >= 0.6 is 11.3 Å². The van der Waals surface area contributed by atoms with Crippen LogP contribution in [0.3, 0.4) is 0 Å². The summed E-state index contributed by atoms with van der Waals surface area (Å²) in [5.74, 6) is -1.65. The van der Waals surface area contributed by atoms with Crippen LogP contribution < -0.4 is 5.32 Å². The summed E-state index contributed by atoms with van der Waals surface area (Å²) in [5.41, 5.74) is 0. The standard InChI is InChI=1S/C9H14N4O5S2/c1-4-6(7(15)16)13(3)20(17,18)9-12-11-8(19-9)10-5(2)14/h6H,4H2,1-3H3,(H,15,16)(H,10,11,14). The number of aliphatic carboxylic acids is 1. The summed E-state index contributed by atoms with van der Waals surface area (Å²) < 4.78 is 24.7. The Morgan fingerprint density at radius 1 is 1.45 bits per heavy atom. The van der Waals surface area contributed by atoms with Crippen molar-refractivity contribution < 1.29 is 23.1 Å². The largest absolute Gasteiger partial charge is 0.480 e. The minimum absolute atomic E-state index is 0.0350. The van der Waals surface area contributed by atoms with Gasteiger partial charge in [0.15, 0.2) is 0 Å². The highest BCUT2D eigenvalue weighted by Gasteiger charge is 2.34. The molecule has 0 saturated carbocycles. The van der Waals surface area contributed by atoms with Gasteiger partial charge in [-0.05, 0) is 6.42 Å². The minimum atomic E-state index is -4.06. The van der Waals surface area contributed by atoms with Crippen molar-refractivity contribution in [2.45, 2.75) is 30.6 Å². The molecule has 0 aliphatic rings.